The van der Waals surface area contributed by atoms with Crippen molar-refractivity contribution >= 4 is 23.9 Å². The Labute approximate surface area is 230 Å². The van der Waals surface area contributed by atoms with Gasteiger partial charge in [0.15, 0.2) is 0 Å². The quantitative estimate of drug-likeness (QED) is 0.195. The number of carbonyl (C=O) groups is 4. The van der Waals surface area contributed by atoms with Gasteiger partial charge < -0.3 is 18.9 Å². The largest absolute Gasteiger partial charge is 0.462 e. The van der Waals surface area contributed by atoms with Crippen LogP contribution in [-0.2, 0) is 28.5 Å². The van der Waals surface area contributed by atoms with Crippen LogP contribution in [-0.4, -0.2) is 50.3 Å². The first-order valence-corrected chi connectivity index (χ1v) is 13.8. The lowest BCUT2D eigenvalue weighted by Gasteiger charge is -2.28. The third-order valence-electron chi connectivity index (χ3n) is 7.52. The molecule has 8 nitrogen and oxygen atoms in total. The number of benzene rings is 1. The first-order chi connectivity index (χ1) is 18.7. The van der Waals surface area contributed by atoms with Crippen LogP contribution in [0.15, 0.2) is 49.1 Å². The Balaban J connectivity index is 1.39. The summed E-state index contributed by atoms with van der Waals surface area (Å²) in [5, 5.41) is 0. The molecule has 0 radical (unpaired) electrons. The third kappa shape index (κ3) is 10.0. The lowest BCUT2D eigenvalue weighted by Crippen LogP contribution is -2.25. The lowest BCUT2D eigenvalue weighted by molar-refractivity contribution is -0.141. The molecule has 2 saturated carbocycles. The predicted molar refractivity (Wildman–Crippen MR) is 145 cm³/mol. The second-order valence-corrected chi connectivity index (χ2v) is 10.8. The molecule has 0 saturated heterocycles. The van der Waals surface area contributed by atoms with Gasteiger partial charge in [-0.15, -0.1) is 0 Å². The fraction of sp³-hybridized carbons (Fsp3) is 0.548. The summed E-state index contributed by atoms with van der Waals surface area (Å²) in [5.74, 6) is -0.694. The predicted octanol–water partition coefficient (Wildman–Crippen LogP) is 5.46. The van der Waals surface area contributed by atoms with Crippen molar-refractivity contribution in [3.8, 4) is 0 Å². The van der Waals surface area contributed by atoms with E-state index in [1.54, 1.807) is 25.1 Å². The van der Waals surface area contributed by atoms with Gasteiger partial charge in [0, 0.05) is 11.6 Å². The van der Waals surface area contributed by atoms with Gasteiger partial charge >= 0.3 is 23.9 Å². The Hall–Kier alpha value is -3.42. The summed E-state index contributed by atoms with van der Waals surface area (Å²) in [4.78, 5) is 48.2. The second-order valence-electron chi connectivity index (χ2n) is 10.8. The molecule has 0 amide bonds. The molecule has 0 N–H and O–H groups in total. The van der Waals surface area contributed by atoms with Crippen LogP contribution in [0.5, 0.6) is 0 Å². The van der Waals surface area contributed by atoms with E-state index in [0.717, 1.165) is 57.4 Å². The minimum Gasteiger partial charge on any atom is -0.462 e. The van der Waals surface area contributed by atoms with Crippen LogP contribution in [0.25, 0.3) is 0 Å². The summed E-state index contributed by atoms with van der Waals surface area (Å²) in [5.41, 5.74) is 1.02. The maximum atomic E-state index is 12.7. The van der Waals surface area contributed by atoms with Gasteiger partial charge in [0.05, 0.1) is 37.6 Å². The normalized spacial score (nSPS) is 22.7. The van der Waals surface area contributed by atoms with Crippen molar-refractivity contribution in [1.29, 1.82) is 0 Å². The maximum absolute atomic E-state index is 12.7. The van der Waals surface area contributed by atoms with Crippen LogP contribution in [0, 0.1) is 23.7 Å². The summed E-state index contributed by atoms with van der Waals surface area (Å²) < 4.78 is 21.5. The molecule has 0 heterocycles. The topological polar surface area (TPSA) is 105 Å². The molecule has 2 aliphatic rings. The number of hydrogen-bond acceptors (Lipinski definition) is 8. The number of carbonyl (C=O) groups excluding carboxylic acids is 4. The number of hydrogen-bond donors (Lipinski definition) is 0. The molecule has 0 bridgehead atoms. The fourth-order valence-corrected chi connectivity index (χ4v) is 5.17. The molecular weight excluding hydrogens is 500 g/mol. The highest BCUT2D eigenvalue weighted by Crippen LogP contribution is 2.31. The van der Waals surface area contributed by atoms with Gasteiger partial charge in [0.1, 0.15) is 0 Å². The van der Waals surface area contributed by atoms with Gasteiger partial charge in [-0.2, -0.15) is 0 Å². The highest BCUT2D eigenvalue weighted by molar-refractivity contribution is 5.95. The Morgan fingerprint density at radius 1 is 0.769 bits per heavy atom. The van der Waals surface area contributed by atoms with Crippen LogP contribution in [0.4, 0.5) is 0 Å². The molecule has 39 heavy (non-hydrogen) atoms. The van der Waals surface area contributed by atoms with Crippen LogP contribution in [0.1, 0.15) is 79.0 Å². The summed E-state index contributed by atoms with van der Waals surface area (Å²) in [7, 11) is 0. The molecule has 8 heteroatoms. The van der Waals surface area contributed by atoms with Crippen molar-refractivity contribution < 1.29 is 38.1 Å². The molecule has 2 atom stereocenters. The highest BCUT2D eigenvalue weighted by atomic mass is 16.5. The molecule has 2 unspecified atom stereocenters. The first-order valence-electron chi connectivity index (χ1n) is 13.8. The van der Waals surface area contributed by atoms with Crippen molar-refractivity contribution in [3.63, 3.8) is 0 Å². The van der Waals surface area contributed by atoms with Gasteiger partial charge in [0.2, 0.25) is 0 Å². The number of esters is 4. The van der Waals surface area contributed by atoms with Gasteiger partial charge in [0.25, 0.3) is 0 Å². The summed E-state index contributed by atoms with van der Waals surface area (Å²) >= 11 is 0. The smallest absolute Gasteiger partial charge is 0.338 e. The zero-order chi connectivity index (χ0) is 28.2. The highest BCUT2D eigenvalue weighted by Gasteiger charge is 2.26. The minimum absolute atomic E-state index is 0.205. The van der Waals surface area contributed by atoms with Gasteiger partial charge in [-0.3, -0.25) is 0 Å². The van der Waals surface area contributed by atoms with E-state index in [0.29, 0.717) is 42.4 Å². The summed E-state index contributed by atoms with van der Waals surface area (Å²) in [6, 6.07) is 6.41. The van der Waals surface area contributed by atoms with Crippen LogP contribution >= 0.6 is 0 Å². The van der Waals surface area contributed by atoms with E-state index in [4.69, 9.17) is 18.9 Å². The summed E-state index contributed by atoms with van der Waals surface area (Å²) in [6.07, 6.45) is 8.52. The SMILES string of the molecule is C=CC(=O)OCC1CCCC(COC(=O)c2cccc(C(=O)OCC3CCC(COC(=O)C(=C)C)CC3)c2)C1. The summed E-state index contributed by atoms with van der Waals surface area (Å²) in [6.45, 7) is 9.98. The average molecular weight is 541 g/mol. The minimum atomic E-state index is -0.476. The zero-order valence-corrected chi connectivity index (χ0v) is 22.9. The van der Waals surface area contributed by atoms with Crippen molar-refractivity contribution in [1.82, 2.24) is 0 Å². The Morgan fingerprint density at radius 2 is 1.26 bits per heavy atom. The molecule has 2 fully saturated rings. The molecule has 1 aromatic carbocycles. The molecule has 3 rings (SSSR count). The Morgan fingerprint density at radius 3 is 1.77 bits per heavy atom. The molecule has 0 spiro atoms. The zero-order valence-electron chi connectivity index (χ0n) is 22.9. The van der Waals surface area contributed by atoms with Crippen LogP contribution in [0.2, 0.25) is 0 Å². The Kier molecular flexibility index (Phi) is 11.8. The van der Waals surface area contributed by atoms with E-state index in [-0.39, 0.29) is 30.3 Å². The molecule has 2 aliphatic carbocycles. The van der Waals surface area contributed by atoms with Gasteiger partial charge in [-0.1, -0.05) is 25.6 Å². The number of ether oxygens (including phenoxy) is 4. The van der Waals surface area contributed by atoms with E-state index in [1.165, 1.54) is 6.07 Å². The van der Waals surface area contributed by atoms with Crippen LogP contribution < -0.4 is 0 Å². The van der Waals surface area contributed by atoms with Crippen molar-refractivity contribution in [2.75, 3.05) is 26.4 Å². The lowest BCUT2D eigenvalue weighted by atomic mass is 9.82. The van der Waals surface area contributed by atoms with Crippen molar-refractivity contribution in [3.05, 3.63) is 60.2 Å². The van der Waals surface area contributed by atoms with Gasteiger partial charge in [-0.05, 0) is 93.7 Å². The standard InChI is InChI=1S/C31H40O8/c1-4-28(32)36-19-24-7-5-8-25(15-24)20-39-31(35)27-10-6-9-26(16-27)30(34)38-18-23-13-11-22(12-14-23)17-37-29(33)21(2)3/h4,6,9-10,16,22-25H,1-2,5,7-8,11-15,17-20H2,3H3. The van der Waals surface area contributed by atoms with E-state index in [2.05, 4.69) is 13.2 Å². The van der Waals surface area contributed by atoms with E-state index >= 15 is 0 Å². The molecular formula is C31H40O8. The average Bonchev–Trinajstić information content (AvgIpc) is 2.96. The maximum Gasteiger partial charge on any atom is 0.338 e. The van der Waals surface area contributed by atoms with E-state index in [1.807, 2.05) is 0 Å². The van der Waals surface area contributed by atoms with E-state index in [9.17, 15) is 19.2 Å². The molecule has 1 aromatic rings. The third-order valence-corrected chi connectivity index (χ3v) is 7.52. The monoisotopic (exact) mass is 540 g/mol. The Bertz CT molecular complexity index is 1040. The molecule has 0 aromatic heterocycles. The van der Waals surface area contributed by atoms with Crippen molar-refractivity contribution in [2.45, 2.75) is 58.3 Å². The van der Waals surface area contributed by atoms with Crippen LogP contribution in [0.3, 0.4) is 0 Å². The molecule has 0 aliphatic heterocycles. The van der Waals surface area contributed by atoms with Crippen molar-refractivity contribution in [2.24, 2.45) is 23.7 Å². The molecule has 212 valence electrons. The first kappa shape index (κ1) is 30.1. The number of rotatable bonds is 12. The second kappa shape index (κ2) is 15.2. The fourth-order valence-electron chi connectivity index (χ4n) is 5.17. The van der Waals surface area contributed by atoms with Gasteiger partial charge in [-0.25, -0.2) is 19.2 Å². The van der Waals surface area contributed by atoms with E-state index < -0.39 is 17.9 Å².